The van der Waals surface area contributed by atoms with Crippen molar-refractivity contribution in [2.75, 3.05) is 5.32 Å². The van der Waals surface area contributed by atoms with Crippen LogP contribution < -0.4 is 5.32 Å². The number of carbonyl (C=O) groups is 1. The molecule has 1 heterocycles. The Labute approximate surface area is 106 Å². The van der Waals surface area contributed by atoms with Crippen molar-refractivity contribution in [2.24, 2.45) is 7.05 Å². The van der Waals surface area contributed by atoms with Crippen LogP contribution in [0.4, 0.5) is 10.2 Å². The van der Waals surface area contributed by atoms with E-state index in [0.717, 1.165) is 0 Å². The van der Waals surface area contributed by atoms with Crippen LogP contribution in [-0.4, -0.2) is 15.7 Å². The minimum absolute atomic E-state index is 0.256. The maximum Gasteiger partial charge on any atom is 0.256 e. The number of aromatic nitrogens is 2. The van der Waals surface area contributed by atoms with E-state index in [1.807, 2.05) is 0 Å². The molecular formula is C11H9BrFN3O. The molecule has 4 nitrogen and oxygen atoms in total. The van der Waals surface area contributed by atoms with Gasteiger partial charge in [-0.3, -0.25) is 9.48 Å². The number of benzene rings is 1. The highest BCUT2D eigenvalue weighted by atomic mass is 79.9. The molecule has 1 amide bonds. The number of carbonyl (C=O) groups excluding carboxylic acids is 1. The first-order valence-corrected chi connectivity index (χ1v) is 5.61. The molecule has 0 radical (unpaired) electrons. The van der Waals surface area contributed by atoms with Crippen molar-refractivity contribution < 1.29 is 9.18 Å². The summed E-state index contributed by atoms with van der Waals surface area (Å²) in [7, 11) is 1.75. The fourth-order valence-electron chi connectivity index (χ4n) is 1.31. The first-order valence-electron chi connectivity index (χ1n) is 4.82. The lowest BCUT2D eigenvalue weighted by molar-refractivity contribution is 0.102. The van der Waals surface area contributed by atoms with Gasteiger partial charge in [0, 0.05) is 24.9 Å². The van der Waals surface area contributed by atoms with E-state index in [-0.39, 0.29) is 10.4 Å². The number of aryl methyl sites for hydroxylation is 1. The number of nitrogens with zero attached hydrogens (tertiary/aromatic N) is 2. The van der Waals surface area contributed by atoms with Crippen molar-refractivity contribution in [1.82, 2.24) is 9.78 Å². The van der Waals surface area contributed by atoms with Gasteiger partial charge in [0.2, 0.25) is 0 Å². The molecule has 88 valence electrons. The van der Waals surface area contributed by atoms with E-state index in [2.05, 4.69) is 26.3 Å². The van der Waals surface area contributed by atoms with Gasteiger partial charge in [0.15, 0.2) is 5.82 Å². The van der Waals surface area contributed by atoms with Crippen LogP contribution in [0.25, 0.3) is 0 Å². The number of hydrogen-bond donors (Lipinski definition) is 1. The summed E-state index contributed by atoms with van der Waals surface area (Å²) in [6.07, 6.45) is 1.72. The Hall–Kier alpha value is -1.69. The van der Waals surface area contributed by atoms with Gasteiger partial charge >= 0.3 is 0 Å². The first-order chi connectivity index (χ1) is 8.06. The van der Waals surface area contributed by atoms with Gasteiger partial charge in [-0.05, 0) is 34.1 Å². The Morgan fingerprint density at radius 3 is 2.82 bits per heavy atom. The largest absolute Gasteiger partial charge is 0.305 e. The van der Waals surface area contributed by atoms with Crippen LogP contribution in [0.1, 0.15) is 10.4 Å². The second kappa shape index (κ2) is 4.67. The van der Waals surface area contributed by atoms with Crippen molar-refractivity contribution in [3.63, 3.8) is 0 Å². The molecule has 0 saturated carbocycles. The molecule has 2 rings (SSSR count). The fourth-order valence-corrected chi connectivity index (χ4v) is 1.69. The SMILES string of the molecule is Cn1ccc(NC(=O)c2ccc(F)c(Br)c2)n1. The van der Waals surface area contributed by atoms with Gasteiger partial charge in [-0.1, -0.05) is 0 Å². The Morgan fingerprint density at radius 1 is 1.47 bits per heavy atom. The van der Waals surface area contributed by atoms with Gasteiger partial charge in [-0.2, -0.15) is 5.10 Å². The summed E-state index contributed by atoms with van der Waals surface area (Å²) in [6.45, 7) is 0. The predicted octanol–water partition coefficient (Wildman–Crippen LogP) is 2.57. The molecule has 0 saturated heterocycles. The summed E-state index contributed by atoms with van der Waals surface area (Å²) < 4.78 is 14.8. The molecule has 2 aromatic rings. The molecule has 1 aromatic heterocycles. The van der Waals surface area contributed by atoms with E-state index < -0.39 is 5.82 Å². The number of nitrogens with one attached hydrogen (secondary N) is 1. The zero-order valence-electron chi connectivity index (χ0n) is 8.95. The third-order valence-electron chi connectivity index (χ3n) is 2.14. The molecule has 1 aromatic carbocycles. The number of amides is 1. The number of anilines is 1. The van der Waals surface area contributed by atoms with Crippen molar-refractivity contribution >= 4 is 27.7 Å². The highest BCUT2D eigenvalue weighted by Gasteiger charge is 2.09. The quantitative estimate of drug-likeness (QED) is 0.926. The standard InChI is InChI=1S/C11H9BrFN3O/c1-16-5-4-10(15-16)14-11(17)7-2-3-9(13)8(12)6-7/h2-6H,1H3,(H,14,15,17). The zero-order chi connectivity index (χ0) is 12.4. The van der Waals surface area contributed by atoms with E-state index in [0.29, 0.717) is 11.4 Å². The lowest BCUT2D eigenvalue weighted by Gasteiger charge is -2.02. The van der Waals surface area contributed by atoms with Gasteiger partial charge in [0.1, 0.15) is 5.82 Å². The van der Waals surface area contributed by atoms with Crippen LogP contribution in [0.5, 0.6) is 0 Å². The lowest BCUT2D eigenvalue weighted by atomic mass is 10.2. The highest BCUT2D eigenvalue weighted by molar-refractivity contribution is 9.10. The molecular weight excluding hydrogens is 289 g/mol. The van der Waals surface area contributed by atoms with Gasteiger partial charge in [0.05, 0.1) is 4.47 Å². The molecule has 1 N–H and O–H groups in total. The summed E-state index contributed by atoms with van der Waals surface area (Å²) in [4.78, 5) is 11.8. The van der Waals surface area contributed by atoms with Gasteiger partial charge in [-0.15, -0.1) is 0 Å². The molecule has 0 aliphatic heterocycles. The average Bonchev–Trinajstić information content (AvgIpc) is 2.68. The summed E-state index contributed by atoms with van der Waals surface area (Å²) >= 11 is 3.03. The molecule has 6 heteroatoms. The second-order valence-electron chi connectivity index (χ2n) is 3.46. The topological polar surface area (TPSA) is 46.9 Å². The Bertz CT molecular complexity index is 568. The molecule has 0 bridgehead atoms. The van der Waals surface area contributed by atoms with Crippen LogP contribution in [0.3, 0.4) is 0 Å². The Morgan fingerprint density at radius 2 is 2.24 bits per heavy atom. The van der Waals surface area contributed by atoms with Crippen LogP contribution in [0.15, 0.2) is 34.9 Å². The molecule has 0 unspecified atom stereocenters. The summed E-state index contributed by atoms with van der Waals surface area (Å²) in [6, 6.07) is 5.75. The predicted molar refractivity (Wildman–Crippen MR) is 65.3 cm³/mol. The zero-order valence-corrected chi connectivity index (χ0v) is 10.5. The lowest BCUT2D eigenvalue weighted by Crippen LogP contribution is -2.12. The van der Waals surface area contributed by atoms with E-state index in [1.54, 1.807) is 24.0 Å². The number of rotatable bonds is 2. The maximum absolute atomic E-state index is 13.0. The summed E-state index contributed by atoms with van der Waals surface area (Å²) in [5.74, 6) is -0.276. The fraction of sp³-hybridized carbons (Fsp3) is 0.0909. The summed E-state index contributed by atoms with van der Waals surface area (Å²) in [5.41, 5.74) is 0.365. The summed E-state index contributed by atoms with van der Waals surface area (Å²) in [5, 5.41) is 6.63. The van der Waals surface area contributed by atoms with Gasteiger partial charge in [0.25, 0.3) is 5.91 Å². The molecule has 0 atom stereocenters. The average molecular weight is 298 g/mol. The smallest absolute Gasteiger partial charge is 0.256 e. The van der Waals surface area contributed by atoms with E-state index >= 15 is 0 Å². The van der Waals surface area contributed by atoms with Crippen molar-refractivity contribution in [3.8, 4) is 0 Å². The monoisotopic (exact) mass is 297 g/mol. The first kappa shape index (κ1) is 11.8. The molecule has 0 aliphatic rings. The molecule has 0 aliphatic carbocycles. The minimum Gasteiger partial charge on any atom is -0.305 e. The molecule has 0 spiro atoms. The second-order valence-corrected chi connectivity index (χ2v) is 4.31. The van der Waals surface area contributed by atoms with E-state index in [4.69, 9.17) is 0 Å². The number of halogens is 2. The number of hydrogen-bond acceptors (Lipinski definition) is 2. The van der Waals surface area contributed by atoms with Crippen LogP contribution in [-0.2, 0) is 7.05 Å². The van der Waals surface area contributed by atoms with Crippen molar-refractivity contribution in [2.45, 2.75) is 0 Å². The van der Waals surface area contributed by atoms with E-state index in [1.165, 1.54) is 18.2 Å². The Balaban J connectivity index is 2.17. The van der Waals surface area contributed by atoms with Gasteiger partial charge in [-0.25, -0.2) is 4.39 Å². The third-order valence-corrected chi connectivity index (χ3v) is 2.74. The maximum atomic E-state index is 13.0. The third kappa shape index (κ3) is 2.71. The Kier molecular flexibility index (Phi) is 3.23. The van der Waals surface area contributed by atoms with Gasteiger partial charge < -0.3 is 5.32 Å². The van der Waals surface area contributed by atoms with Crippen molar-refractivity contribution in [1.29, 1.82) is 0 Å². The van der Waals surface area contributed by atoms with Crippen molar-refractivity contribution in [3.05, 3.63) is 46.3 Å². The van der Waals surface area contributed by atoms with Crippen LogP contribution in [0, 0.1) is 5.82 Å². The molecule has 0 fully saturated rings. The molecule has 17 heavy (non-hydrogen) atoms. The normalized spacial score (nSPS) is 10.3. The minimum atomic E-state index is -0.403. The van der Waals surface area contributed by atoms with Crippen LogP contribution in [0.2, 0.25) is 0 Å². The van der Waals surface area contributed by atoms with Crippen LogP contribution >= 0.6 is 15.9 Å². The highest BCUT2D eigenvalue weighted by Crippen LogP contribution is 2.17. The van der Waals surface area contributed by atoms with E-state index in [9.17, 15) is 9.18 Å².